The minimum atomic E-state index is -0.503. The van der Waals surface area contributed by atoms with E-state index in [2.05, 4.69) is 10.1 Å². The predicted molar refractivity (Wildman–Crippen MR) is 69.0 cm³/mol. The molecular formula is C12H14ClN3O. The molecule has 17 heavy (non-hydrogen) atoms. The normalized spacial score (nSPS) is 13.7. The van der Waals surface area contributed by atoms with Gasteiger partial charge in [0, 0.05) is 18.0 Å². The third-order valence-electron chi connectivity index (χ3n) is 2.53. The fourth-order valence-corrected chi connectivity index (χ4v) is 1.89. The van der Waals surface area contributed by atoms with Crippen LogP contribution >= 0.6 is 11.6 Å². The van der Waals surface area contributed by atoms with E-state index in [1.165, 1.54) is 0 Å². The zero-order chi connectivity index (χ0) is 12.6. The summed E-state index contributed by atoms with van der Waals surface area (Å²) in [5.74, 6) is 0. The molecule has 2 rings (SSSR count). The molecule has 90 valence electrons. The number of aliphatic hydroxyl groups excluding tert-OH is 1. The van der Waals surface area contributed by atoms with Crippen LogP contribution in [0.25, 0.3) is 17.1 Å². The van der Waals surface area contributed by atoms with Crippen molar-refractivity contribution < 1.29 is 5.11 Å². The Labute approximate surface area is 105 Å². The molecule has 0 spiro atoms. The van der Waals surface area contributed by atoms with E-state index >= 15 is 0 Å². The smallest absolute Gasteiger partial charge is 0.159 e. The summed E-state index contributed by atoms with van der Waals surface area (Å²) in [6.07, 6.45) is 2.93. The second kappa shape index (κ2) is 4.47. The van der Waals surface area contributed by atoms with Gasteiger partial charge in [0.2, 0.25) is 0 Å². The van der Waals surface area contributed by atoms with E-state index in [0.29, 0.717) is 5.15 Å². The lowest BCUT2D eigenvalue weighted by molar-refractivity contribution is 0.245. The number of aliphatic hydroxyl groups is 1. The highest BCUT2D eigenvalue weighted by Crippen LogP contribution is 2.23. The van der Waals surface area contributed by atoms with Crippen LogP contribution in [-0.2, 0) is 7.05 Å². The monoisotopic (exact) mass is 251 g/mol. The van der Waals surface area contributed by atoms with Gasteiger partial charge in [0.15, 0.2) is 5.65 Å². The van der Waals surface area contributed by atoms with Crippen molar-refractivity contribution in [3.8, 4) is 0 Å². The van der Waals surface area contributed by atoms with E-state index in [9.17, 15) is 5.11 Å². The summed E-state index contributed by atoms with van der Waals surface area (Å²) in [5, 5.41) is 14.9. The summed E-state index contributed by atoms with van der Waals surface area (Å²) in [6, 6.07) is 1.94. The Morgan fingerprint density at radius 1 is 1.53 bits per heavy atom. The molecule has 0 amide bonds. The quantitative estimate of drug-likeness (QED) is 0.834. The third-order valence-corrected chi connectivity index (χ3v) is 2.84. The lowest BCUT2D eigenvalue weighted by atomic mass is 10.2. The van der Waals surface area contributed by atoms with Gasteiger partial charge in [-0.15, -0.1) is 0 Å². The average Bonchev–Trinajstić information content (AvgIpc) is 2.51. The van der Waals surface area contributed by atoms with Crippen LogP contribution in [0.4, 0.5) is 0 Å². The molecule has 0 saturated heterocycles. The molecule has 1 atom stereocenters. The van der Waals surface area contributed by atoms with Crippen LogP contribution in [0.15, 0.2) is 12.1 Å². The maximum absolute atomic E-state index is 9.21. The van der Waals surface area contributed by atoms with Gasteiger partial charge < -0.3 is 5.11 Å². The number of fused-ring (bicyclic) bond motifs is 1. The number of nitrogens with zero attached hydrogens (tertiary/aromatic N) is 3. The van der Waals surface area contributed by atoms with Gasteiger partial charge in [0.25, 0.3) is 0 Å². The van der Waals surface area contributed by atoms with Gasteiger partial charge in [-0.1, -0.05) is 23.8 Å². The first kappa shape index (κ1) is 12.1. The number of pyridine rings is 1. The van der Waals surface area contributed by atoms with Gasteiger partial charge in [-0.3, -0.25) is 4.68 Å². The number of aromatic nitrogens is 3. The molecule has 2 aromatic heterocycles. The topological polar surface area (TPSA) is 50.9 Å². The minimum Gasteiger partial charge on any atom is -0.389 e. The first-order chi connectivity index (χ1) is 7.99. The van der Waals surface area contributed by atoms with Crippen molar-refractivity contribution >= 4 is 28.7 Å². The SMILES string of the molecule is Cc1nn(C)c2nc(Cl)c(/C=C/C(C)O)cc12. The molecule has 4 nitrogen and oxygen atoms in total. The summed E-state index contributed by atoms with van der Waals surface area (Å²) in [7, 11) is 1.84. The third kappa shape index (κ3) is 2.33. The average molecular weight is 252 g/mol. The zero-order valence-electron chi connectivity index (χ0n) is 9.98. The summed E-state index contributed by atoms with van der Waals surface area (Å²) in [5.41, 5.74) is 2.47. The molecule has 0 radical (unpaired) electrons. The van der Waals surface area contributed by atoms with Crippen molar-refractivity contribution in [2.24, 2.45) is 7.05 Å². The minimum absolute atomic E-state index is 0.414. The fraction of sp³-hybridized carbons (Fsp3) is 0.333. The molecule has 2 heterocycles. The van der Waals surface area contributed by atoms with Crippen LogP contribution in [0.1, 0.15) is 18.2 Å². The molecule has 1 N–H and O–H groups in total. The maximum Gasteiger partial charge on any atom is 0.159 e. The highest BCUT2D eigenvalue weighted by molar-refractivity contribution is 6.31. The molecule has 0 aliphatic rings. The first-order valence-electron chi connectivity index (χ1n) is 5.35. The van der Waals surface area contributed by atoms with E-state index in [4.69, 9.17) is 11.6 Å². The summed E-state index contributed by atoms with van der Waals surface area (Å²) >= 11 is 6.08. The van der Waals surface area contributed by atoms with Crippen LogP contribution in [0.3, 0.4) is 0 Å². The van der Waals surface area contributed by atoms with Gasteiger partial charge in [-0.25, -0.2) is 4.98 Å². The van der Waals surface area contributed by atoms with Gasteiger partial charge in [0.1, 0.15) is 5.15 Å². The summed E-state index contributed by atoms with van der Waals surface area (Å²) < 4.78 is 1.71. The lowest BCUT2D eigenvalue weighted by Gasteiger charge is -2.00. The van der Waals surface area contributed by atoms with Crippen molar-refractivity contribution in [1.82, 2.24) is 14.8 Å². The second-order valence-electron chi connectivity index (χ2n) is 4.05. The molecule has 0 aliphatic carbocycles. The Hall–Kier alpha value is -1.39. The van der Waals surface area contributed by atoms with Crippen LogP contribution in [0.5, 0.6) is 0 Å². The van der Waals surface area contributed by atoms with Crippen molar-refractivity contribution in [2.45, 2.75) is 20.0 Å². The zero-order valence-corrected chi connectivity index (χ0v) is 10.7. The first-order valence-corrected chi connectivity index (χ1v) is 5.73. The number of rotatable bonds is 2. The lowest BCUT2D eigenvalue weighted by Crippen LogP contribution is -1.94. The Kier molecular flexibility index (Phi) is 3.17. The van der Waals surface area contributed by atoms with E-state index in [1.54, 1.807) is 23.8 Å². The molecule has 0 aliphatic heterocycles. The number of hydrogen-bond donors (Lipinski definition) is 1. The van der Waals surface area contributed by atoms with Gasteiger partial charge in [-0.2, -0.15) is 5.10 Å². The maximum atomic E-state index is 9.21. The Bertz CT molecular complexity index is 587. The fourth-order valence-electron chi connectivity index (χ4n) is 1.70. The number of hydrogen-bond acceptors (Lipinski definition) is 3. The molecule has 0 saturated carbocycles. The van der Waals surface area contributed by atoms with Crippen LogP contribution < -0.4 is 0 Å². The Morgan fingerprint density at radius 2 is 2.24 bits per heavy atom. The van der Waals surface area contributed by atoms with Crippen LogP contribution in [-0.4, -0.2) is 26.0 Å². The molecule has 0 bridgehead atoms. The molecule has 1 unspecified atom stereocenters. The summed E-state index contributed by atoms with van der Waals surface area (Å²) in [6.45, 7) is 3.62. The van der Waals surface area contributed by atoms with E-state index in [0.717, 1.165) is 22.3 Å². The van der Waals surface area contributed by atoms with E-state index in [-0.39, 0.29) is 0 Å². The summed E-state index contributed by atoms with van der Waals surface area (Å²) in [4.78, 5) is 4.31. The largest absolute Gasteiger partial charge is 0.389 e. The highest BCUT2D eigenvalue weighted by atomic mass is 35.5. The Morgan fingerprint density at radius 3 is 2.88 bits per heavy atom. The molecule has 0 fully saturated rings. The molecule has 0 aromatic carbocycles. The molecule has 5 heteroatoms. The Balaban J connectivity index is 2.58. The van der Waals surface area contributed by atoms with Crippen molar-refractivity contribution in [3.63, 3.8) is 0 Å². The van der Waals surface area contributed by atoms with E-state index in [1.807, 2.05) is 20.0 Å². The van der Waals surface area contributed by atoms with Gasteiger partial charge in [-0.05, 0) is 19.9 Å². The number of halogens is 1. The van der Waals surface area contributed by atoms with Crippen molar-refractivity contribution in [1.29, 1.82) is 0 Å². The highest BCUT2D eigenvalue weighted by Gasteiger charge is 2.09. The molecule has 2 aromatic rings. The van der Waals surface area contributed by atoms with Crippen molar-refractivity contribution in [2.75, 3.05) is 0 Å². The van der Waals surface area contributed by atoms with Crippen molar-refractivity contribution in [3.05, 3.63) is 28.6 Å². The van der Waals surface area contributed by atoms with Gasteiger partial charge >= 0.3 is 0 Å². The molecular weight excluding hydrogens is 238 g/mol. The second-order valence-corrected chi connectivity index (χ2v) is 4.41. The predicted octanol–water partition coefficient (Wildman–Crippen LogP) is 2.32. The van der Waals surface area contributed by atoms with Crippen LogP contribution in [0.2, 0.25) is 5.15 Å². The standard InChI is InChI=1S/C12H14ClN3O/c1-7(17)4-5-9-6-10-8(2)15-16(3)12(10)14-11(9)13/h4-7,17H,1-3H3/b5-4+. The van der Waals surface area contributed by atoms with Gasteiger partial charge in [0.05, 0.1) is 11.8 Å². The van der Waals surface area contributed by atoms with E-state index < -0.39 is 6.10 Å². The number of aryl methyl sites for hydroxylation is 2. The van der Waals surface area contributed by atoms with Crippen LogP contribution in [0, 0.1) is 6.92 Å².